The van der Waals surface area contributed by atoms with Gasteiger partial charge < -0.3 is 18.9 Å². The van der Waals surface area contributed by atoms with Crippen molar-refractivity contribution in [3.05, 3.63) is 78.1 Å². The van der Waals surface area contributed by atoms with Crippen LogP contribution in [0.3, 0.4) is 0 Å². The average molecular weight is 362 g/mol. The Balaban J connectivity index is 1.57. The predicted molar refractivity (Wildman–Crippen MR) is 109 cm³/mol. The Hall–Kier alpha value is -2.72. The lowest BCUT2D eigenvalue weighted by Crippen LogP contribution is -2.22. The second-order valence-electron chi connectivity index (χ2n) is 6.72. The molecule has 2 heterocycles. The van der Waals surface area contributed by atoms with Gasteiger partial charge in [0, 0.05) is 41.9 Å². The van der Waals surface area contributed by atoms with Crippen LogP contribution < -0.4 is 9.64 Å². The average Bonchev–Trinajstić information content (AvgIpc) is 3.38. The highest BCUT2D eigenvalue weighted by atomic mass is 16.5. The number of anilines is 1. The standard InChI is InChI=1S/C23H26N2O2/c1-3-18-8-10-20(11-9-18)25-14-15-27-23(25)19-12-13-24(17-19)21-6-5-7-22(16-21)26-4-2/h5-13,16-17,23H,3-4,14-15H2,1-2H3/t23-/m0/s1. The van der Waals surface area contributed by atoms with Gasteiger partial charge >= 0.3 is 0 Å². The number of nitrogens with zero attached hydrogens (tertiary/aromatic N) is 2. The number of rotatable bonds is 6. The molecule has 140 valence electrons. The molecule has 4 nitrogen and oxygen atoms in total. The van der Waals surface area contributed by atoms with E-state index in [2.05, 4.69) is 71.2 Å². The van der Waals surface area contributed by atoms with Gasteiger partial charge in [-0.15, -0.1) is 0 Å². The van der Waals surface area contributed by atoms with Gasteiger partial charge in [-0.05, 0) is 49.2 Å². The summed E-state index contributed by atoms with van der Waals surface area (Å²) in [6.07, 6.45) is 5.24. The van der Waals surface area contributed by atoms with E-state index in [9.17, 15) is 0 Å². The first-order valence-electron chi connectivity index (χ1n) is 9.67. The van der Waals surface area contributed by atoms with Gasteiger partial charge in [0.15, 0.2) is 6.23 Å². The van der Waals surface area contributed by atoms with Gasteiger partial charge in [0.05, 0.1) is 13.2 Å². The van der Waals surface area contributed by atoms with Crippen molar-refractivity contribution in [3.8, 4) is 11.4 Å². The largest absolute Gasteiger partial charge is 0.494 e. The van der Waals surface area contributed by atoms with Crippen LogP contribution in [0.2, 0.25) is 0 Å². The fourth-order valence-corrected chi connectivity index (χ4v) is 3.55. The minimum absolute atomic E-state index is 0.0474. The molecule has 1 aliphatic rings. The van der Waals surface area contributed by atoms with Crippen molar-refractivity contribution in [1.29, 1.82) is 0 Å². The smallest absolute Gasteiger partial charge is 0.158 e. The first-order chi connectivity index (χ1) is 13.3. The minimum Gasteiger partial charge on any atom is -0.494 e. The third-order valence-corrected chi connectivity index (χ3v) is 4.99. The van der Waals surface area contributed by atoms with E-state index in [-0.39, 0.29) is 6.23 Å². The Morgan fingerprint density at radius 3 is 2.67 bits per heavy atom. The van der Waals surface area contributed by atoms with Crippen LogP contribution in [0.1, 0.15) is 31.2 Å². The molecule has 4 heteroatoms. The van der Waals surface area contributed by atoms with E-state index in [4.69, 9.17) is 9.47 Å². The minimum atomic E-state index is -0.0474. The zero-order chi connectivity index (χ0) is 18.6. The van der Waals surface area contributed by atoms with Crippen LogP contribution in [0.4, 0.5) is 5.69 Å². The summed E-state index contributed by atoms with van der Waals surface area (Å²) >= 11 is 0. The lowest BCUT2D eigenvalue weighted by molar-refractivity contribution is 0.114. The first-order valence-corrected chi connectivity index (χ1v) is 9.67. The van der Waals surface area contributed by atoms with E-state index < -0.39 is 0 Å². The zero-order valence-electron chi connectivity index (χ0n) is 16.0. The molecule has 0 unspecified atom stereocenters. The first kappa shape index (κ1) is 17.7. The highest BCUT2D eigenvalue weighted by Crippen LogP contribution is 2.33. The molecule has 0 saturated carbocycles. The van der Waals surface area contributed by atoms with E-state index in [0.717, 1.165) is 36.6 Å². The van der Waals surface area contributed by atoms with E-state index in [1.54, 1.807) is 0 Å². The van der Waals surface area contributed by atoms with Crippen LogP contribution in [0.15, 0.2) is 67.0 Å². The summed E-state index contributed by atoms with van der Waals surface area (Å²) in [5.41, 5.74) is 4.81. The van der Waals surface area contributed by atoms with Crippen LogP contribution in [0.25, 0.3) is 5.69 Å². The second-order valence-corrected chi connectivity index (χ2v) is 6.72. The van der Waals surface area contributed by atoms with Crippen molar-refractivity contribution in [2.24, 2.45) is 0 Å². The summed E-state index contributed by atoms with van der Waals surface area (Å²) in [5, 5.41) is 0. The van der Waals surface area contributed by atoms with Gasteiger partial charge in [-0.1, -0.05) is 25.1 Å². The Labute approximate surface area is 161 Å². The van der Waals surface area contributed by atoms with Gasteiger partial charge in [0.2, 0.25) is 0 Å². The van der Waals surface area contributed by atoms with Crippen molar-refractivity contribution < 1.29 is 9.47 Å². The molecule has 1 saturated heterocycles. The summed E-state index contributed by atoms with van der Waals surface area (Å²) in [6, 6.07) is 19.1. The number of hydrogen-bond acceptors (Lipinski definition) is 3. The summed E-state index contributed by atoms with van der Waals surface area (Å²) in [7, 11) is 0. The van der Waals surface area contributed by atoms with E-state index in [1.807, 2.05) is 19.1 Å². The lowest BCUT2D eigenvalue weighted by Gasteiger charge is -2.24. The Bertz CT molecular complexity index is 885. The molecule has 0 spiro atoms. The molecule has 0 aliphatic carbocycles. The molecule has 1 aromatic heterocycles. The van der Waals surface area contributed by atoms with E-state index in [1.165, 1.54) is 11.3 Å². The molecule has 3 aromatic rings. The second kappa shape index (κ2) is 7.89. The Morgan fingerprint density at radius 2 is 1.89 bits per heavy atom. The third-order valence-electron chi connectivity index (χ3n) is 4.99. The van der Waals surface area contributed by atoms with Gasteiger partial charge in [-0.3, -0.25) is 0 Å². The highest BCUT2D eigenvalue weighted by Gasteiger charge is 2.27. The lowest BCUT2D eigenvalue weighted by atomic mass is 10.1. The number of benzene rings is 2. The maximum atomic E-state index is 6.06. The van der Waals surface area contributed by atoms with Crippen LogP contribution in [0.5, 0.6) is 5.75 Å². The molecule has 0 radical (unpaired) electrons. The monoisotopic (exact) mass is 362 g/mol. The molecule has 0 N–H and O–H groups in total. The highest BCUT2D eigenvalue weighted by molar-refractivity contribution is 5.50. The fraction of sp³-hybridized carbons (Fsp3) is 0.304. The molecule has 1 atom stereocenters. The number of hydrogen-bond donors (Lipinski definition) is 0. The number of aromatic nitrogens is 1. The molecular weight excluding hydrogens is 336 g/mol. The Morgan fingerprint density at radius 1 is 1.04 bits per heavy atom. The van der Waals surface area contributed by atoms with Crippen LogP contribution in [0, 0.1) is 0 Å². The van der Waals surface area contributed by atoms with Crippen molar-refractivity contribution in [3.63, 3.8) is 0 Å². The predicted octanol–water partition coefficient (Wildman–Crippen LogP) is 4.97. The summed E-state index contributed by atoms with van der Waals surface area (Å²) in [4.78, 5) is 2.33. The quantitative estimate of drug-likeness (QED) is 0.619. The van der Waals surface area contributed by atoms with Crippen molar-refractivity contribution in [1.82, 2.24) is 4.57 Å². The number of aryl methyl sites for hydroxylation is 1. The summed E-state index contributed by atoms with van der Waals surface area (Å²) < 4.78 is 13.8. The van der Waals surface area contributed by atoms with E-state index >= 15 is 0 Å². The molecule has 1 aliphatic heterocycles. The SMILES string of the molecule is CCOc1cccc(-n2ccc([C@@H]3OCCN3c3ccc(CC)cc3)c2)c1. The van der Waals surface area contributed by atoms with Crippen molar-refractivity contribution >= 4 is 5.69 Å². The van der Waals surface area contributed by atoms with Gasteiger partial charge in [0.1, 0.15) is 5.75 Å². The molecular formula is C23H26N2O2. The molecule has 4 rings (SSSR count). The topological polar surface area (TPSA) is 26.6 Å². The maximum Gasteiger partial charge on any atom is 0.158 e. The molecule has 1 fully saturated rings. The maximum absolute atomic E-state index is 6.06. The van der Waals surface area contributed by atoms with Gasteiger partial charge in [-0.2, -0.15) is 0 Å². The van der Waals surface area contributed by atoms with Crippen LogP contribution in [-0.4, -0.2) is 24.3 Å². The van der Waals surface area contributed by atoms with Crippen molar-refractivity contribution in [2.45, 2.75) is 26.5 Å². The number of ether oxygens (including phenoxy) is 2. The van der Waals surface area contributed by atoms with Gasteiger partial charge in [0.25, 0.3) is 0 Å². The van der Waals surface area contributed by atoms with E-state index in [0.29, 0.717) is 6.61 Å². The van der Waals surface area contributed by atoms with Gasteiger partial charge in [-0.25, -0.2) is 0 Å². The fourth-order valence-electron chi connectivity index (χ4n) is 3.55. The van der Waals surface area contributed by atoms with Crippen molar-refractivity contribution in [2.75, 3.05) is 24.7 Å². The molecule has 0 amide bonds. The Kier molecular flexibility index (Phi) is 5.16. The normalized spacial score (nSPS) is 16.7. The van der Waals surface area contributed by atoms with Crippen LogP contribution >= 0.6 is 0 Å². The summed E-state index contributed by atoms with van der Waals surface area (Å²) in [5.74, 6) is 0.889. The molecule has 0 bridgehead atoms. The molecule has 27 heavy (non-hydrogen) atoms. The zero-order valence-corrected chi connectivity index (χ0v) is 16.0. The third kappa shape index (κ3) is 3.71. The van der Waals surface area contributed by atoms with Crippen LogP contribution in [-0.2, 0) is 11.2 Å². The summed E-state index contributed by atoms with van der Waals surface area (Å²) in [6.45, 7) is 6.49. The molecule has 2 aromatic carbocycles.